The lowest BCUT2D eigenvalue weighted by Crippen LogP contribution is -2.22. The number of hydrogen-bond acceptors (Lipinski definition) is 2. The van der Waals surface area contributed by atoms with Crippen molar-refractivity contribution < 1.29 is 0 Å². The molecule has 0 aliphatic rings. The zero-order valence-corrected chi connectivity index (χ0v) is 9.73. The summed E-state index contributed by atoms with van der Waals surface area (Å²) in [7, 11) is 1.89. The number of hydrogen-bond donors (Lipinski definition) is 1. The topological polar surface area (TPSA) is 15.3 Å². The molecule has 0 spiro atoms. The Labute approximate surface area is 90.9 Å². The highest BCUT2D eigenvalue weighted by atomic mass is 35.5. The number of nitrogens with one attached hydrogen (secondary N) is 1. The van der Waals surface area contributed by atoms with Gasteiger partial charge >= 0.3 is 0 Å². The number of halogens is 1. The molecule has 0 aliphatic heterocycles. The first-order valence-corrected chi connectivity index (χ1v) is 5.33. The maximum absolute atomic E-state index is 6.18. The summed E-state index contributed by atoms with van der Waals surface area (Å²) in [5.74, 6) is 0. The molecule has 0 fully saturated rings. The number of rotatable bonds is 4. The van der Waals surface area contributed by atoms with E-state index in [2.05, 4.69) is 30.1 Å². The second-order valence-corrected chi connectivity index (χ2v) is 3.50. The van der Waals surface area contributed by atoms with Crippen LogP contribution in [0.25, 0.3) is 0 Å². The quantitative estimate of drug-likeness (QED) is 0.825. The molecular formula is C11H17ClN2. The Morgan fingerprint density at radius 2 is 1.93 bits per heavy atom. The summed E-state index contributed by atoms with van der Waals surface area (Å²) in [5.41, 5.74) is 2.15. The van der Waals surface area contributed by atoms with E-state index in [-0.39, 0.29) is 0 Å². The summed E-state index contributed by atoms with van der Waals surface area (Å²) in [6.07, 6.45) is 0. The van der Waals surface area contributed by atoms with Gasteiger partial charge in [0.15, 0.2) is 0 Å². The van der Waals surface area contributed by atoms with Crippen LogP contribution in [0.5, 0.6) is 0 Å². The molecular weight excluding hydrogens is 196 g/mol. The van der Waals surface area contributed by atoms with Crippen molar-refractivity contribution in [1.82, 2.24) is 0 Å². The minimum Gasteiger partial charge on any atom is -0.388 e. The monoisotopic (exact) mass is 212 g/mol. The van der Waals surface area contributed by atoms with Crippen LogP contribution in [-0.2, 0) is 0 Å². The fraction of sp³-hybridized carbons (Fsp3) is 0.455. The maximum atomic E-state index is 6.18. The van der Waals surface area contributed by atoms with E-state index in [0.717, 1.165) is 29.5 Å². The third-order valence-electron chi connectivity index (χ3n) is 2.34. The summed E-state index contributed by atoms with van der Waals surface area (Å²) in [6.45, 7) is 6.22. The highest BCUT2D eigenvalue weighted by Gasteiger charge is 2.06. The number of anilines is 2. The lowest BCUT2D eigenvalue weighted by molar-refractivity contribution is 0.866. The molecule has 0 atom stereocenters. The summed E-state index contributed by atoms with van der Waals surface area (Å²) in [4.78, 5) is 2.24. The van der Waals surface area contributed by atoms with Crippen molar-refractivity contribution in [3.8, 4) is 0 Å². The molecule has 78 valence electrons. The van der Waals surface area contributed by atoms with E-state index in [1.165, 1.54) is 0 Å². The third kappa shape index (κ3) is 2.32. The van der Waals surface area contributed by atoms with Crippen LogP contribution < -0.4 is 10.2 Å². The molecule has 3 heteroatoms. The van der Waals surface area contributed by atoms with E-state index in [1.54, 1.807) is 0 Å². The van der Waals surface area contributed by atoms with Crippen molar-refractivity contribution in [3.63, 3.8) is 0 Å². The van der Waals surface area contributed by atoms with Gasteiger partial charge in [-0.15, -0.1) is 0 Å². The van der Waals surface area contributed by atoms with Gasteiger partial charge in [0.1, 0.15) is 0 Å². The van der Waals surface area contributed by atoms with E-state index in [0.29, 0.717) is 0 Å². The summed E-state index contributed by atoms with van der Waals surface area (Å²) >= 11 is 6.18. The van der Waals surface area contributed by atoms with Crippen molar-refractivity contribution in [2.24, 2.45) is 0 Å². The van der Waals surface area contributed by atoms with Crippen LogP contribution in [-0.4, -0.2) is 20.1 Å². The van der Waals surface area contributed by atoms with Crippen LogP contribution in [0.3, 0.4) is 0 Å². The number of benzene rings is 1. The highest BCUT2D eigenvalue weighted by Crippen LogP contribution is 2.28. The molecule has 14 heavy (non-hydrogen) atoms. The third-order valence-corrected chi connectivity index (χ3v) is 2.64. The smallest absolute Gasteiger partial charge is 0.0660 e. The van der Waals surface area contributed by atoms with E-state index in [9.17, 15) is 0 Å². The number of nitrogens with zero attached hydrogens (tertiary/aromatic N) is 1. The summed E-state index contributed by atoms with van der Waals surface area (Å²) in [5, 5.41) is 3.87. The lowest BCUT2D eigenvalue weighted by Gasteiger charge is -2.22. The Bertz CT molecular complexity index is 295. The molecule has 0 saturated heterocycles. The zero-order chi connectivity index (χ0) is 10.6. The van der Waals surface area contributed by atoms with Gasteiger partial charge in [-0.05, 0) is 32.0 Å². The van der Waals surface area contributed by atoms with E-state index >= 15 is 0 Å². The Hall–Kier alpha value is -0.890. The second kappa shape index (κ2) is 5.11. The Morgan fingerprint density at radius 1 is 1.29 bits per heavy atom. The van der Waals surface area contributed by atoms with Crippen molar-refractivity contribution in [2.45, 2.75) is 13.8 Å². The largest absolute Gasteiger partial charge is 0.388 e. The van der Waals surface area contributed by atoms with Crippen molar-refractivity contribution in [1.29, 1.82) is 0 Å². The first-order chi connectivity index (χ1) is 6.72. The molecule has 0 bridgehead atoms. The predicted octanol–water partition coefficient (Wildman–Crippen LogP) is 3.23. The minimum atomic E-state index is 0.806. The first-order valence-electron chi connectivity index (χ1n) is 4.95. The van der Waals surface area contributed by atoms with Gasteiger partial charge in [-0.2, -0.15) is 0 Å². The molecule has 0 heterocycles. The Balaban J connectivity index is 2.98. The molecule has 1 N–H and O–H groups in total. The highest BCUT2D eigenvalue weighted by molar-refractivity contribution is 6.33. The van der Waals surface area contributed by atoms with Gasteiger partial charge in [0, 0.05) is 25.8 Å². The van der Waals surface area contributed by atoms with Gasteiger partial charge < -0.3 is 10.2 Å². The van der Waals surface area contributed by atoms with E-state index < -0.39 is 0 Å². The van der Waals surface area contributed by atoms with Crippen LogP contribution in [0.4, 0.5) is 11.4 Å². The molecule has 1 aromatic carbocycles. The molecule has 0 amide bonds. The average Bonchev–Trinajstić information content (AvgIpc) is 2.22. The van der Waals surface area contributed by atoms with Gasteiger partial charge in [-0.25, -0.2) is 0 Å². The van der Waals surface area contributed by atoms with Crippen molar-refractivity contribution in [3.05, 3.63) is 23.2 Å². The van der Waals surface area contributed by atoms with E-state index in [4.69, 9.17) is 11.6 Å². The van der Waals surface area contributed by atoms with Gasteiger partial charge in [-0.1, -0.05) is 11.6 Å². The molecule has 0 aromatic heterocycles. The van der Waals surface area contributed by atoms with Crippen LogP contribution in [0.1, 0.15) is 13.8 Å². The molecule has 0 saturated carbocycles. The SMILES string of the molecule is CCN(CC)c1ccc(NC)cc1Cl. The van der Waals surface area contributed by atoms with Crippen molar-refractivity contribution in [2.75, 3.05) is 30.4 Å². The maximum Gasteiger partial charge on any atom is 0.0660 e. The summed E-state index contributed by atoms with van der Waals surface area (Å²) < 4.78 is 0. The predicted molar refractivity (Wildman–Crippen MR) is 64.6 cm³/mol. The molecule has 0 radical (unpaired) electrons. The van der Waals surface area contributed by atoms with E-state index in [1.807, 2.05) is 19.2 Å². The Kier molecular flexibility index (Phi) is 4.08. The van der Waals surface area contributed by atoms with Gasteiger partial charge in [0.05, 0.1) is 10.7 Å². The summed E-state index contributed by atoms with van der Waals surface area (Å²) in [6, 6.07) is 6.05. The standard InChI is InChI=1S/C11H17ClN2/c1-4-14(5-2)11-7-6-9(13-3)8-10(11)12/h6-8,13H,4-5H2,1-3H3. The fourth-order valence-corrected chi connectivity index (χ4v) is 1.78. The van der Waals surface area contributed by atoms with Crippen LogP contribution in [0, 0.1) is 0 Å². The molecule has 2 nitrogen and oxygen atoms in total. The van der Waals surface area contributed by atoms with Gasteiger partial charge in [-0.3, -0.25) is 0 Å². The molecule has 1 aromatic rings. The molecule has 0 unspecified atom stereocenters. The average molecular weight is 213 g/mol. The van der Waals surface area contributed by atoms with Crippen molar-refractivity contribution >= 4 is 23.0 Å². The van der Waals surface area contributed by atoms with Crippen LogP contribution in [0.15, 0.2) is 18.2 Å². The van der Waals surface area contributed by atoms with Gasteiger partial charge in [0.2, 0.25) is 0 Å². The first kappa shape index (κ1) is 11.2. The molecule has 0 aliphatic carbocycles. The second-order valence-electron chi connectivity index (χ2n) is 3.09. The zero-order valence-electron chi connectivity index (χ0n) is 8.97. The van der Waals surface area contributed by atoms with Crippen LogP contribution >= 0.6 is 11.6 Å². The van der Waals surface area contributed by atoms with Gasteiger partial charge in [0.25, 0.3) is 0 Å². The Morgan fingerprint density at radius 3 is 2.36 bits per heavy atom. The van der Waals surface area contributed by atoms with Crippen LogP contribution in [0.2, 0.25) is 5.02 Å². The lowest BCUT2D eigenvalue weighted by atomic mass is 10.2. The minimum absolute atomic E-state index is 0.806. The normalized spacial score (nSPS) is 10.0. The fourth-order valence-electron chi connectivity index (χ4n) is 1.48. The molecule has 1 rings (SSSR count).